The highest BCUT2D eigenvalue weighted by Crippen LogP contribution is 2.20. The molecule has 102 valence electrons. The Bertz CT molecular complexity index is 540. The molecule has 0 atom stereocenters. The molecule has 3 rings (SSSR count). The van der Waals surface area contributed by atoms with Crippen molar-refractivity contribution in [2.45, 2.75) is 57.9 Å². The van der Waals surface area contributed by atoms with E-state index >= 15 is 0 Å². The maximum atomic E-state index is 4.56. The summed E-state index contributed by atoms with van der Waals surface area (Å²) >= 11 is 0. The van der Waals surface area contributed by atoms with Gasteiger partial charge >= 0.3 is 0 Å². The summed E-state index contributed by atoms with van der Waals surface area (Å²) in [5, 5.41) is 16.2. The molecule has 0 saturated heterocycles. The first kappa shape index (κ1) is 12.4. The van der Waals surface area contributed by atoms with Crippen LogP contribution in [-0.2, 0) is 0 Å². The molecule has 1 saturated carbocycles. The zero-order valence-electron chi connectivity index (χ0n) is 11.5. The summed E-state index contributed by atoms with van der Waals surface area (Å²) in [4.78, 5) is 0. The van der Waals surface area contributed by atoms with Crippen LogP contribution in [0.3, 0.4) is 0 Å². The average Bonchev–Trinajstić information content (AvgIpc) is 2.74. The Balaban J connectivity index is 1.74. The Kier molecular flexibility index (Phi) is 3.62. The lowest BCUT2D eigenvalue weighted by atomic mass is 9.97. The van der Waals surface area contributed by atoms with Crippen molar-refractivity contribution >= 4 is 11.5 Å². The quantitative estimate of drug-likeness (QED) is 0.901. The third kappa shape index (κ3) is 2.85. The van der Waals surface area contributed by atoms with Gasteiger partial charge in [-0.1, -0.05) is 32.1 Å². The molecule has 0 bridgehead atoms. The van der Waals surface area contributed by atoms with Gasteiger partial charge in [-0.05, 0) is 31.9 Å². The standard InChI is InChI=1S/C14H21N5/c1-11-16-17-14-10-9-13(18-19(11)14)15-12-7-5-3-2-4-6-8-12/h9-10,12H,2-8H2,1H3,(H,15,18). The molecule has 19 heavy (non-hydrogen) atoms. The van der Waals surface area contributed by atoms with Gasteiger partial charge < -0.3 is 5.32 Å². The minimum atomic E-state index is 0.557. The van der Waals surface area contributed by atoms with E-state index in [0.29, 0.717) is 6.04 Å². The number of fused-ring (bicyclic) bond motifs is 1. The van der Waals surface area contributed by atoms with Gasteiger partial charge in [0, 0.05) is 6.04 Å². The Morgan fingerprint density at radius 2 is 1.79 bits per heavy atom. The number of aryl methyl sites for hydroxylation is 1. The maximum Gasteiger partial charge on any atom is 0.178 e. The highest BCUT2D eigenvalue weighted by molar-refractivity contribution is 5.44. The van der Waals surface area contributed by atoms with Crippen molar-refractivity contribution in [2.75, 3.05) is 5.32 Å². The molecule has 0 spiro atoms. The monoisotopic (exact) mass is 259 g/mol. The Labute approximate surface area is 113 Å². The molecule has 2 aromatic heterocycles. The van der Waals surface area contributed by atoms with E-state index in [4.69, 9.17) is 0 Å². The second kappa shape index (κ2) is 5.55. The predicted octanol–water partition coefficient (Wildman–Crippen LogP) is 2.96. The first-order valence-electron chi connectivity index (χ1n) is 7.28. The summed E-state index contributed by atoms with van der Waals surface area (Å²) in [6.07, 6.45) is 9.29. The van der Waals surface area contributed by atoms with Gasteiger partial charge in [0.2, 0.25) is 0 Å². The molecule has 2 aromatic rings. The van der Waals surface area contributed by atoms with Crippen molar-refractivity contribution in [3.63, 3.8) is 0 Å². The zero-order chi connectivity index (χ0) is 13.1. The second-order valence-electron chi connectivity index (χ2n) is 5.42. The lowest BCUT2D eigenvalue weighted by Crippen LogP contribution is -2.21. The highest BCUT2D eigenvalue weighted by Gasteiger charge is 2.12. The maximum absolute atomic E-state index is 4.56. The first-order valence-corrected chi connectivity index (χ1v) is 7.28. The first-order chi connectivity index (χ1) is 9.33. The van der Waals surface area contributed by atoms with Crippen LogP contribution < -0.4 is 5.32 Å². The molecular weight excluding hydrogens is 238 g/mol. The fraction of sp³-hybridized carbons (Fsp3) is 0.643. The van der Waals surface area contributed by atoms with E-state index in [2.05, 4.69) is 20.6 Å². The lowest BCUT2D eigenvalue weighted by Gasteiger charge is -2.21. The Hall–Kier alpha value is -1.65. The van der Waals surface area contributed by atoms with E-state index in [1.807, 2.05) is 19.1 Å². The van der Waals surface area contributed by atoms with Gasteiger partial charge in [-0.25, -0.2) is 0 Å². The largest absolute Gasteiger partial charge is 0.366 e. The SMILES string of the molecule is Cc1nnc2ccc(NC3CCCCCCC3)nn12. The number of nitrogens with one attached hydrogen (secondary N) is 1. The van der Waals surface area contributed by atoms with Gasteiger partial charge in [0.15, 0.2) is 11.5 Å². The predicted molar refractivity (Wildman–Crippen MR) is 75.2 cm³/mol. The molecule has 0 aliphatic heterocycles. The normalized spacial score (nSPS) is 18.2. The molecule has 1 N–H and O–H groups in total. The van der Waals surface area contributed by atoms with Crippen molar-refractivity contribution in [1.82, 2.24) is 19.8 Å². The molecule has 2 heterocycles. The minimum absolute atomic E-state index is 0.557. The molecule has 0 unspecified atom stereocenters. The van der Waals surface area contributed by atoms with Crippen LogP contribution in [0.25, 0.3) is 5.65 Å². The van der Waals surface area contributed by atoms with Gasteiger partial charge in [-0.15, -0.1) is 15.3 Å². The molecule has 0 radical (unpaired) electrons. The summed E-state index contributed by atoms with van der Waals surface area (Å²) in [6.45, 7) is 1.92. The van der Waals surface area contributed by atoms with E-state index in [-0.39, 0.29) is 0 Å². The van der Waals surface area contributed by atoms with Gasteiger partial charge in [-0.3, -0.25) is 0 Å². The summed E-state index contributed by atoms with van der Waals surface area (Å²) in [5.74, 6) is 1.76. The molecule has 1 aliphatic rings. The van der Waals surface area contributed by atoms with Crippen molar-refractivity contribution in [1.29, 1.82) is 0 Å². The summed E-state index contributed by atoms with van der Waals surface area (Å²) in [7, 11) is 0. The fourth-order valence-corrected chi connectivity index (χ4v) is 2.78. The second-order valence-corrected chi connectivity index (χ2v) is 5.42. The third-order valence-electron chi connectivity index (χ3n) is 3.88. The number of hydrogen-bond acceptors (Lipinski definition) is 4. The Morgan fingerprint density at radius 1 is 1.05 bits per heavy atom. The van der Waals surface area contributed by atoms with Gasteiger partial charge in [-0.2, -0.15) is 4.52 Å². The van der Waals surface area contributed by atoms with E-state index < -0.39 is 0 Å². The number of rotatable bonds is 2. The van der Waals surface area contributed by atoms with Gasteiger partial charge in [0.05, 0.1) is 0 Å². The van der Waals surface area contributed by atoms with Gasteiger partial charge in [0.25, 0.3) is 0 Å². The molecule has 0 aromatic carbocycles. The molecule has 5 heteroatoms. The number of nitrogens with zero attached hydrogens (tertiary/aromatic N) is 4. The van der Waals surface area contributed by atoms with Crippen molar-refractivity contribution in [3.05, 3.63) is 18.0 Å². The van der Waals surface area contributed by atoms with Crippen LogP contribution in [-0.4, -0.2) is 25.9 Å². The Morgan fingerprint density at radius 3 is 2.58 bits per heavy atom. The van der Waals surface area contributed by atoms with Crippen LogP contribution in [0.5, 0.6) is 0 Å². The third-order valence-corrected chi connectivity index (χ3v) is 3.88. The summed E-state index contributed by atoms with van der Waals surface area (Å²) < 4.78 is 1.80. The van der Waals surface area contributed by atoms with E-state index in [9.17, 15) is 0 Å². The molecular formula is C14H21N5. The van der Waals surface area contributed by atoms with Crippen LogP contribution in [0.4, 0.5) is 5.82 Å². The molecule has 1 fully saturated rings. The van der Waals surface area contributed by atoms with Crippen molar-refractivity contribution in [3.8, 4) is 0 Å². The topological polar surface area (TPSA) is 55.1 Å². The number of aromatic nitrogens is 4. The summed E-state index contributed by atoms with van der Waals surface area (Å²) in [6, 6.07) is 4.53. The van der Waals surface area contributed by atoms with E-state index in [0.717, 1.165) is 17.3 Å². The lowest BCUT2D eigenvalue weighted by molar-refractivity contribution is 0.470. The van der Waals surface area contributed by atoms with Crippen molar-refractivity contribution in [2.24, 2.45) is 0 Å². The zero-order valence-corrected chi connectivity index (χ0v) is 11.5. The minimum Gasteiger partial charge on any atom is -0.366 e. The highest BCUT2D eigenvalue weighted by atomic mass is 15.4. The van der Waals surface area contributed by atoms with E-state index in [1.54, 1.807) is 4.52 Å². The number of hydrogen-bond donors (Lipinski definition) is 1. The average molecular weight is 259 g/mol. The van der Waals surface area contributed by atoms with Crippen LogP contribution in [0.2, 0.25) is 0 Å². The van der Waals surface area contributed by atoms with Crippen LogP contribution >= 0.6 is 0 Å². The molecule has 1 aliphatic carbocycles. The summed E-state index contributed by atoms with van der Waals surface area (Å²) in [5.41, 5.74) is 0.806. The molecule has 5 nitrogen and oxygen atoms in total. The van der Waals surface area contributed by atoms with Crippen LogP contribution in [0, 0.1) is 6.92 Å². The van der Waals surface area contributed by atoms with Crippen LogP contribution in [0.15, 0.2) is 12.1 Å². The van der Waals surface area contributed by atoms with E-state index in [1.165, 1.54) is 44.9 Å². The molecule has 0 amide bonds. The fourth-order valence-electron chi connectivity index (χ4n) is 2.78. The van der Waals surface area contributed by atoms with Gasteiger partial charge in [0.1, 0.15) is 5.82 Å². The smallest absolute Gasteiger partial charge is 0.178 e. The van der Waals surface area contributed by atoms with Crippen molar-refractivity contribution < 1.29 is 0 Å². The number of anilines is 1. The van der Waals surface area contributed by atoms with Crippen LogP contribution in [0.1, 0.15) is 50.8 Å².